The van der Waals surface area contributed by atoms with Crippen LogP contribution in [-0.2, 0) is 10.3 Å². The molecule has 0 heterocycles. The third-order valence-corrected chi connectivity index (χ3v) is 3.25. The molecule has 16 heavy (non-hydrogen) atoms. The molecule has 1 aliphatic carbocycles. The number of alkyl halides is 1. The fourth-order valence-corrected chi connectivity index (χ4v) is 2.00. The molecule has 0 saturated heterocycles. The Morgan fingerprint density at radius 3 is 2.75 bits per heavy atom. The van der Waals surface area contributed by atoms with Crippen molar-refractivity contribution in [1.29, 1.82) is 0 Å². The largest absolute Gasteiger partial charge is 0.345 e. The molecule has 1 saturated carbocycles. The molecular formula is C11H10Cl2FNO. The molecular weight excluding hydrogens is 252 g/mol. The number of carbonyl (C=O) groups is 1. The first-order valence-electron chi connectivity index (χ1n) is 4.90. The summed E-state index contributed by atoms with van der Waals surface area (Å²) in [5, 5.41) is 2.80. The fraction of sp³-hybridized carbons (Fsp3) is 0.364. The van der Waals surface area contributed by atoms with Gasteiger partial charge in [0, 0.05) is 5.56 Å². The lowest BCUT2D eigenvalue weighted by atomic mass is 10.0. The summed E-state index contributed by atoms with van der Waals surface area (Å²) in [5.74, 6) is -0.876. The van der Waals surface area contributed by atoms with Gasteiger partial charge in [-0.05, 0) is 18.9 Å². The molecule has 0 spiro atoms. The van der Waals surface area contributed by atoms with Gasteiger partial charge < -0.3 is 5.32 Å². The Kier molecular flexibility index (Phi) is 3.08. The van der Waals surface area contributed by atoms with Gasteiger partial charge in [0.25, 0.3) is 0 Å². The van der Waals surface area contributed by atoms with Crippen molar-refractivity contribution in [3.05, 3.63) is 34.6 Å². The number of rotatable bonds is 3. The van der Waals surface area contributed by atoms with Gasteiger partial charge in [-0.3, -0.25) is 4.79 Å². The highest BCUT2D eigenvalue weighted by atomic mass is 35.5. The zero-order chi connectivity index (χ0) is 11.8. The van der Waals surface area contributed by atoms with Crippen LogP contribution in [0.2, 0.25) is 5.02 Å². The first-order valence-corrected chi connectivity index (χ1v) is 5.82. The molecule has 1 aromatic carbocycles. The highest BCUT2D eigenvalue weighted by Crippen LogP contribution is 2.47. The SMILES string of the molecule is O=C(CCl)NC1(c2cccc(Cl)c2F)CC1. The van der Waals surface area contributed by atoms with Crippen molar-refractivity contribution in [2.24, 2.45) is 0 Å². The van der Waals surface area contributed by atoms with Gasteiger partial charge in [0.15, 0.2) is 0 Å². The monoisotopic (exact) mass is 261 g/mol. The first kappa shape index (κ1) is 11.7. The highest BCUT2D eigenvalue weighted by molar-refractivity contribution is 6.30. The Bertz CT molecular complexity index is 432. The molecule has 5 heteroatoms. The molecule has 0 unspecified atom stereocenters. The van der Waals surface area contributed by atoms with Gasteiger partial charge in [0.2, 0.25) is 5.91 Å². The van der Waals surface area contributed by atoms with Crippen molar-refractivity contribution in [3.8, 4) is 0 Å². The van der Waals surface area contributed by atoms with Gasteiger partial charge in [0.05, 0.1) is 10.6 Å². The summed E-state index contributed by atoms with van der Waals surface area (Å²) in [7, 11) is 0. The predicted molar refractivity (Wildman–Crippen MR) is 61.2 cm³/mol. The lowest BCUT2D eigenvalue weighted by Gasteiger charge is -2.18. The number of amides is 1. The van der Waals surface area contributed by atoms with Crippen molar-refractivity contribution in [3.63, 3.8) is 0 Å². The van der Waals surface area contributed by atoms with E-state index in [0.29, 0.717) is 18.4 Å². The average Bonchev–Trinajstić information content (AvgIpc) is 3.02. The summed E-state index contributed by atoms with van der Waals surface area (Å²) >= 11 is 11.1. The Hall–Kier alpha value is -0.800. The fourth-order valence-electron chi connectivity index (χ4n) is 1.76. The Morgan fingerprint density at radius 2 is 2.19 bits per heavy atom. The van der Waals surface area contributed by atoms with E-state index in [-0.39, 0.29) is 16.8 Å². The van der Waals surface area contributed by atoms with Gasteiger partial charge in [-0.15, -0.1) is 11.6 Å². The van der Waals surface area contributed by atoms with Crippen LogP contribution in [0.15, 0.2) is 18.2 Å². The van der Waals surface area contributed by atoms with Crippen LogP contribution in [-0.4, -0.2) is 11.8 Å². The molecule has 86 valence electrons. The van der Waals surface area contributed by atoms with E-state index in [1.807, 2.05) is 0 Å². The van der Waals surface area contributed by atoms with E-state index in [9.17, 15) is 9.18 Å². The number of hydrogen-bond donors (Lipinski definition) is 1. The van der Waals surface area contributed by atoms with Crippen molar-refractivity contribution >= 4 is 29.1 Å². The zero-order valence-electron chi connectivity index (χ0n) is 8.40. The minimum absolute atomic E-state index is 0.0731. The molecule has 0 bridgehead atoms. The number of benzene rings is 1. The Labute approximate surface area is 103 Å². The van der Waals surface area contributed by atoms with Gasteiger partial charge in [-0.1, -0.05) is 23.7 Å². The molecule has 0 aliphatic heterocycles. The predicted octanol–water partition coefficient (Wildman–Crippen LogP) is 2.82. The molecule has 2 rings (SSSR count). The average molecular weight is 262 g/mol. The summed E-state index contributed by atoms with van der Waals surface area (Å²) in [5.41, 5.74) is -0.153. The molecule has 1 aliphatic rings. The molecule has 1 aromatic rings. The van der Waals surface area contributed by atoms with Crippen LogP contribution in [0.25, 0.3) is 0 Å². The molecule has 2 nitrogen and oxygen atoms in total. The van der Waals surface area contributed by atoms with Gasteiger partial charge >= 0.3 is 0 Å². The standard InChI is InChI=1S/C11H10Cl2FNO/c12-6-9(16)15-11(4-5-11)7-2-1-3-8(13)10(7)14/h1-3H,4-6H2,(H,15,16). The van der Waals surface area contributed by atoms with Gasteiger partial charge in [-0.25, -0.2) is 4.39 Å². The lowest BCUT2D eigenvalue weighted by Crippen LogP contribution is -2.36. The third kappa shape index (κ3) is 2.02. The zero-order valence-corrected chi connectivity index (χ0v) is 9.91. The summed E-state index contributed by atoms with van der Waals surface area (Å²) in [6, 6.07) is 4.80. The van der Waals surface area contributed by atoms with E-state index in [4.69, 9.17) is 23.2 Å². The quantitative estimate of drug-likeness (QED) is 0.834. The van der Waals surface area contributed by atoms with Crippen LogP contribution >= 0.6 is 23.2 Å². The van der Waals surface area contributed by atoms with Crippen molar-refractivity contribution in [1.82, 2.24) is 5.32 Å². The molecule has 1 fully saturated rings. The van der Waals surface area contributed by atoms with Crippen molar-refractivity contribution in [2.75, 3.05) is 5.88 Å². The number of carbonyl (C=O) groups excluding carboxylic acids is 1. The van der Waals surface area contributed by atoms with E-state index in [1.54, 1.807) is 12.1 Å². The molecule has 1 amide bonds. The second-order valence-corrected chi connectivity index (χ2v) is 4.54. The molecule has 0 radical (unpaired) electrons. The van der Waals surface area contributed by atoms with Crippen molar-refractivity contribution < 1.29 is 9.18 Å². The third-order valence-electron chi connectivity index (χ3n) is 2.72. The topological polar surface area (TPSA) is 29.1 Å². The normalized spacial score (nSPS) is 16.9. The van der Waals surface area contributed by atoms with Crippen LogP contribution in [0.5, 0.6) is 0 Å². The lowest BCUT2D eigenvalue weighted by molar-refractivity contribution is -0.119. The Morgan fingerprint density at radius 1 is 1.50 bits per heavy atom. The maximum absolute atomic E-state index is 13.8. The van der Waals surface area contributed by atoms with Crippen LogP contribution in [0, 0.1) is 5.82 Å². The van der Waals surface area contributed by atoms with E-state index in [0.717, 1.165) is 0 Å². The minimum Gasteiger partial charge on any atom is -0.345 e. The summed E-state index contributed by atoms with van der Waals surface area (Å²) in [6.07, 6.45) is 1.43. The van der Waals surface area contributed by atoms with E-state index in [2.05, 4.69) is 5.32 Å². The highest BCUT2D eigenvalue weighted by Gasteiger charge is 2.47. The Balaban J connectivity index is 2.30. The maximum Gasteiger partial charge on any atom is 0.235 e. The smallest absolute Gasteiger partial charge is 0.235 e. The molecule has 1 N–H and O–H groups in total. The molecule has 0 aromatic heterocycles. The molecule has 0 atom stereocenters. The van der Waals surface area contributed by atoms with Crippen molar-refractivity contribution in [2.45, 2.75) is 18.4 Å². The van der Waals surface area contributed by atoms with E-state index >= 15 is 0 Å². The van der Waals surface area contributed by atoms with Crippen LogP contribution in [0.1, 0.15) is 18.4 Å². The number of nitrogens with one attached hydrogen (secondary N) is 1. The van der Waals surface area contributed by atoms with E-state index < -0.39 is 11.4 Å². The second-order valence-electron chi connectivity index (χ2n) is 3.87. The van der Waals surface area contributed by atoms with Crippen LogP contribution in [0.4, 0.5) is 4.39 Å². The van der Waals surface area contributed by atoms with Crippen LogP contribution in [0.3, 0.4) is 0 Å². The number of halogens is 3. The summed E-state index contributed by atoms with van der Waals surface area (Å²) < 4.78 is 13.8. The minimum atomic E-state index is -0.596. The first-order chi connectivity index (χ1) is 7.59. The summed E-state index contributed by atoms with van der Waals surface area (Å²) in [4.78, 5) is 11.2. The number of hydrogen-bond acceptors (Lipinski definition) is 1. The van der Waals surface area contributed by atoms with Gasteiger partial charge in [-0.2, -0.15) is 0 Å². The van der Waals surface area contributed by atoms with Crippen LogP contribution < -0.4 is 5.32 Å². The van der Waals surface area contributed by atoms with E-state index in [1.165, 1.54) is 6.07 Å². The second kappa shape index (κ2) is 4.22. The maximum atomic E-state index is 13.8. The summed E-state index contributed by atoms with van der Waals surface area (Å²) in [6.45, 7) is 0. The van der Waals surface area contributed by atoms with Gasteiger partial charge in [0.1, 0.15) is 11.7 Å².